The topological polar surface area (TPSA) is 69.3 Å². The van der Waals surface area contributed by atoms with E-state index in [0.29, 0.717) is 29.4 Å². The van der Waals surface area contributed by atoms with Crippen molar-refractivity contribution in [2.75, 3.05) is 31.5 Å². The number of ether oxygens (including phenoxy) is 4. The summed E-state index contributed by atoms with van der Waals surface area (Å²) >= 11 is 0. The monoisotopic (exact) mass is 548 g/mol. The van der Waals surface area contributed by atoms with Crippen LogP contribution >= 0.6 is 0 Å². The van der Waals surface area contributed by atoms with Gasteiger partial charge in [-0.1, -0.05) is 30.3 Å². The second kappa shape index (κ2) is 10.2. The van der Waals surface area contributed by atoms with Gasteiger partial charge in [-0.25, -0.2) is 4.79 Å². The van der Waals surface area contributed by atoms with Gasteiger partial charge in [0.2, 0.25) is 0 Å². The molecule has 208 valence electrons. The largest absolute Gasteiger partial charge is 0.496 e. The fraction of sp³-hybridized carbons (Fsp3) is 0.206. The lowest BCUT2D eigenvalue weighted by atomic mass is 9.89. The Morgan fingerprint density at radius 1 is 0.805 bits per heavy atom. The lowest BCUT2D eigenvalue weighted by Gasteiger charge is -2.33. The van der Waals surface area contributed by atoms with Crippen molar-refractivity contribution in [3.63, 3.8) is 0 Å². The molecule has 7 nitrogen and oxygen atoms in total. The molecule has 4 aromatic carbocycles. The van der Waals surface area contributed by atoms with E-state index in [1.54, 1.807) is 44.6 Å². The molecule has 4 aromatic rings. The number of hydrogen-bond acceptors (Lipinski definition) is 7. The van der Waals surface area contributed by atoms with Crippen LogP contribution in [0.3, 0.4) is 0 Å². The van der Waals surface area contributed by atoms with Gasteiger partial charge >= 0.3 is 5.97 Å². The lowest BCUT2D eigenvalue weighted by molar-refractivity contribution is 0.0731. The van der Waals surface area contributed by atoms with E-state index in [1.807, 2.05) is 30.3 Å². The summed E-state index contributed by atoms with van der Waals surface area (Å²) in [6.07, 6.45) is 2.28. The van der Waals surface area contributed by atoms with Crippen molar-refractivity contribution >= 4 is 23.0 Å². The number of nitrogens with zero attached hydrogens (tertiary/aromatic N) is 1. The van der Waals surface area contributed by atoms with E-state index in [2.05, 4.69) is 48.3 Å². The van der Waals surface area contributed by atoms with E-state index in [-0.39, 0.29) is 5.54 Å². The van der Waals surface area contributed by atoms with Crippen LogP contribution in [0.25, 0.3) is 16.8 Å². The first kappa shape index (κ1) is 26.3. The fourth-order valence-corrected chi connectivity index (χ4v) is 5.71. The summed E-state index contributed by atoms with van der Waals surface area (Å²) < 4.78 is 22.6. The molecule has 2 aliphatic rings. The molecule has 0 saturated heterocycles. The highest BCUT2D eigenvalue weighted by Gasteiger charge is 2.37. The quantitative estimate of drug-likeness (QED) is 0.194. The molecular formula is C34H32N2O5. The molecule has 0 aromatic heterocycles. The van der Waals surface area contributed by atoms with Crippen LogP contribution in [0.5, 0.6) is 23.0 Å². The van der Waals surface area contributed by atoms with Crippen molar-refractivity contribution < 1.29 is 23.7 Å². The maximum atomic E-state index is 12.9. The van der Waals surface area contributed by atoms with Crippen LogP contribution in [-0.2, 0) is 6.54 Å². The Morgan fingerprint density at radius 2 is 1.49 bits per heavy atom. The van der Waals surface area contributed by atoms with Gasteiger partial charge < -0.3 is 29.2 Å². The number of carbonyl (C=O) groups excluding carboxylic acids is 1. The Kier molecular flexibility index (Phi) is 6.58. The Balaban J connectivity index is 1.41. The van der Waals surface area contributed by atoms with Gasteiger partial charge in [0.25, 0.3) is 0 Å². The van der Waals surface area contributed by atoms with E-state index in [9.17, 15) is 4.79 Å². The fourth-order valence-electron chi connectivity index (χ4n) is 5.71. The van der Waals surface area contributed by atoms with E-state index >= 15 is 0 Å². The number of methoxy groups -OCH3 is 3. The first-order valence-electron chi connectivity index (χ1n) is 13.4. The summed E-state index contributed by atoms with van der Waals surface area (Å²) in [5.41, 5.74) is 7.68. The zero-order chi connectivity index (χ0) is 28.7. The van der Waals surface area contributed by atoms with E-state index in [0.717, 1.165) is 33.9 Å². The Labute approximate surface area is 239 Å². The Morgan fingerprint density at radius 3 is 2.24 bits per heavy atom. The SMILES string of the molecule is COc1ccccc1C(=O)Oc1ccc(-c2ccc3c4c2CN(c2ccccc2OC)C4=CC(C)(C)N3)c(OC)c1. The third-order valence-electron chi connectivity index (χ3n) is 7.51. The summed E-state index contributed by atoms with van der Waals surface area (Å²) in [4.78, 5) is 15.2. The smallest absolute Gasteiger partial charge is 0.347 e. The van der Waals surface area contributed by atoms with E-state index < -0.39 is 5.97 Å². The van der Waals surface area contributed by atoms with Crippen LogP contribution in [0.2, 0.25) is 0 Å². The maximum absolute atomic E-state index is 12.9. The minimum absolute atomic E-state index is 0.226. The van der Waals surface area contributed by atoms with Crippen LogP contribution in [0, 0.1) is 0 Å². The minimum Gasteiger partial charge on any atom is -0.496 e. The molecule has 0 unspecified atom stereocenters. The standard InChI is InChI=1S/C34H32N2O5/c1-34(2)19-28-32-25(20-36(28)27-11-7-9-13-30(27)39-4)22(16-17-26(32)35-34)23-15-14-21(18-31(23)40-5)41-33(37)24-10-6-8-12-29(24)38-3/h6-19,35H,20H2,1-5H3. The molecule has 0 aliphatic carbocycles. The normalized spacial score (nSPS) is 14.5. The van der Waals surface area contributed by atoms with Gasteiger partial charge in [0.15, 0.2) is 0 Å². The molecule has 0 bridgehead atoms. The molecule has 0 atom stereocenters. The molecule has 1 N–H and O–H groups in total. The highest BCUT2D eigenvalue weighted by atomic mass is 16.5. The van der Waals surface area contributed by atoms with Gasteiger partial charge in [0, 0.05) is 35.1 Å². The predicted octanol–water partition coefficient (Wildman–Crippen LogP) is 7.16. The highest BCUT2D eigenvalue weighted by Crippen LogP contribution is 2.51. The number of esters is 1. The Hall–Kier alpha value is -4.91. The van der Waals surface area contributed by atoms with E-state index in [4.69, 9.17) is 18.9 Å². The molecule has 0 spiro atoms. The zero-order valence-electron chi connectivity index (χ0n) is 23.8. The van der Waals surface area contributed by atoms with E-state index in [1.165, 1.54) is 18.2 Å². The van der Waals surface area contributed by atoms with Crippen molar-refractivity contribution in [3.8, 4) is 34.1 Å². The summed E-state index contributed by atoms with van der Waals surface area (Å²) in [6, 6.07) is 24.8. The number of rotatable bonds is 7. The minimum atomic E-state index is -0.499. The van der Waals surface area contributed by atoms with Crippen LogP contribution in [0.4, 0.5) is 11.4 Å². The van der Waals surface area contributed by atoms with Gasteiger partial charge in [-0.15, -0.1) is 0 Å². The van der Waals surface area contributed by atoms with Crippen molar-refractivity contribution in [2.24, 2.45) is 0 Å². The molecule has 2 heterocycles. The average molecular weight is 549 g/mol. The molecule has 0 fully saturated rings. The highest BCUT2D eigenvalue weighted by molar-refractivity contribution is 5.98. The van der Waals surface area contributed by atoms with Gasteiger partial charge in [-0.3, -0.25) is 0 Å². The average Bonchev–Trinajstić information content (AvgIpc) is 3.36. The number of para-hydroxylation sites is 3. The molecule has 6 rings (SSSR count). The van der Waals surface area contributed by atoms with Gasteiger partial charge in [0.1, 0.15) is 28.6 Å². The van der Waals surface area contributed by atoms with Gasteiger partial charge in [-0.2, -0.15) is 0 Å². The summed E-state index contributed by atoms with van der Waals surface area (Å²) in [7, 11) is 4.85. The molecular weight excluding hydrogens is 516 g/mol. The van der Waals surface area contributed by atoms with Crippen LogP contribution in [0.1, 0.15) is 35.3 Å². The molecule has 41 heavy (non-hydrogen) atoms. The predicted molar refractivity (Wildman–Crippen MR) is 161 cm³/mol. The molecule has 0 amide bonds. The van der Waals surface area contributed by atoms with Crippen LogP contribution in [-0.4, -0.2) is 32.8 Å². The summed E-state index contributed by atoms with van der Waals surface area (Å²) in [5.74, 6) is 1.77. The number of nitrogens with one attached hydrogen (secondary N) is 1. The van der Waals surface area contributed by atoms with Crippen LogP contribution in [0.15, 0.2) is 84.9 Å². The van der Waals surface area contributed by atoms with Crippen LogP contribution < -0.4 is 29.2 Å². The summed E-state index contributed by atoms with van der Waals surface area (Å²) in [6.45, 7) is 5.00. The molecule has 0 saturated carbocycles. The number of carbonyl (C=O) groups is 1. The number of anilines is 2. The number of benzene rings is 4. The third-order valence-corrected chi connectivity index (χ3v) is 7.51. The number of hydrogen-bond donors (Lipinski definition) is 1. The molecule has 7 heteroatoms. The maximum Gasteiger partial charge on any atom is 0.347 e. The third kappa shape index (κ3) is 4.63. The summed E-state index contributed by atoms with van der Waals surface area (Å²) in [5, 5.41) is 3.68. The van der Waals surface area contributed by atoms with Gasteiger partial charge in [-0.05, 0) is 73.5 Å². The van der Waals surface area contributed by atoms with Crippen molar-refractivity contribution in [3.05, 3.63) is 102 Å². The molecule has 0 radical (unpaired) electrons. The first-order valence-corrected chi connectivity index (χ1v) is 13.4. The second-order valence-electron chi connectivity index (χ2n) is 10.6. The van der Waals surface area contributed by atoms with Crippen molar-refractivity contribution in [1.29, 1.82) is 0 Å². The lowest BCUT2D eigenvalue weighted by Crippen LogP contribution is -2.33. The first-order chi connectivity index (χ1) is 19.8. The molecule has 2 aliphatic heterocycles. The van der Waals surface area contributed by atoms with Gasteiger partial charge in [0.05, 0.1) is 32.6 Å². The zero-order valence-corrected chi connectivity index (χ0v) is 23.8. The Bertz CT molecular complexity index is 1690. The van der Waals surface area contributed by atoms with Crippen molar-refractivity contribution in [1.82, 2.24) is 0 Å². The second-order valence-corrected chi connectivity index (χ2v) is 10.6. The van der Waals surface area contributed by atoms with Crippen molar-refractivity contribution in [2.45, 2.75) is 25.9 Å².